The van der Waals surface area contributed by atoms with E-state index >= 15 is 0 Å². The zero-order valence-corrected chi connectivity index (χ0v) is 19.2. The number of benzene rings is 1. The van der Waals surface area contributed by atoms with E-state index in [9.17, 15) is 4.79 Å². The smallest absolute Gasteiger partial charge is 0.413 e. The van der Waals surface area contributed by atoms with Crippen LogP contribution in [-0.2, 0) is 11.2 Å². The summed E-state index contributed by atoms with van der Waals surface area (Å²) in [4.78, 5) is 18.9. The quantitative estimate of drug-likeness (QED) is 0.648. The Hall–Kier alpha value is -2.60. The first-order valence-electron chi connectivity index (χ1n) is 10.3. The van der Waals surface area contributed by atoms with E-state index in [4.69, 9.17) is 9.47 Å². The molecule has 0 unspecified atom stereocenters. The van der Waals surface area contributed by atoms with Crippen LogP contribution in [0.15, 0.2) is 30.3 Å². The van der Waals surface area contributed by atoms with E-state index in [1.54, 1.807) is 13.2 Å². The lowest BCUT2D eigenvalue weighted by Crippen LogP contribution is -2.27. The summed E-state index contributed by atoms with van der Waals surface area (Å²) in [5.41, 5.74) is 3.47. The van der Waals surface area contributed by atoms with E-state index in [0.717, 1.165) is 36.4 Å². The standard InChI is InChI=1S/C24H34N3O3/c1-8-17-15-19(21(29-7)16-18(17)11-10-14-27(5)6)20-12-9-13-22(25-20)26-23(28)30-24(2,3)4/h9,11-13,15-16H,8,10,14H2,1-7H3,(H,25,26,28). The fourth-order valence-corrected chi connectivity index (χ4v) is 3.05. The van der Waals surface area contributed by atoms with Crippen LogP contribution >= 0.6 is 0 Å². The van der Waals surface area contributed by atoms with Gasteiger partial charge in [0.2, 0.25) is 0 Å². The molecule has 1 aromatic carbocycles. The molecule has 0 saturated heterocycles. The van der Waals surface area contributed by atoms with Crippen LogP contribution in [0.2, 0.25) is 0 Å². The van der Waals surface area contributed by atoms with Gasteiger partial charge in [-0.15, -0.1) is 0 Å². The maximum absolute atomic E-state index is 12.1. The summed E-state index contributed by atoms with van der Waals surface area (Å²) in [6.45, 7) is 8.61. The zero-order valence-electron chi connectivity index (χ0n) is 19.2. The summed E-state index contributed by atoms with van der Waals surface area (Å²) in [6.07, 6.45) is 3.59. The number of aryl methyl sites for hydroxylation is 1. The summed E-state index contributed by atoms with van der Waals surface area (Å²) in [7, 11) is 5.81. The van der Waals surface area contributed by atoms with Gasteiger partial charge in [0, 0.05) is 5.56 Å². The van der Waals surface area contributed by atoms with E-state index in [2.05, 4.69) is 54.8 Å². The first-order chi connectivity index (χ1) is 14.1. The first kappa shape index (κ1) is 23.7. The second-order valence-electron chi connectivity index (χ2n) is 8.44. The van der Waals surface area contributed by atoms with Crippen molar-refractivity contribution < 1.29 is 14.3 Å². The lowest BCUT2D eigenvalue weighted by atomic mass is 9.96. The molecule has 0 aliphatic heterocycles. The van der Waals surface area contributed by atoms with Gasteiger partial charge in [-0.25, -0.2) is 9.78 Å². The van der Waals surface area contributed by atoms with Gasteiger partial charge in [0.15, 0.2) is 0 Å². The summed E-state index contributed by atoms with van der Waals surface area (Å²) < 4.78 is 11.0. The second-order valence-corrected chi connectivity index (χ2v) is 8.44. The third-order valence-corrected chi connectivity index (χ3v) is 4.44. The minimum absolute atomic E-state index is 0.434. The Morgan fingerprint density at radius 3 is 2.57 bits per heavy atom. The molecule has 2 aromatic rings. The Morgan fingerprint density at radius 2 is 1.97 bits per heavy atom. The number of amides is 1. The molecule has 163 valence electrons. The summed E-state index contributed by atoms with van der Waals surface area (Å²) in [6, 6.07) is 9.70. The van der Waals surface area contributed by atoms with Gasteiger partial charge < -0.3 is 14.4 Å². The predicted molar refractivity (Wildman–Crippen MR) is 122 cm³/mol. The van der Waals surface area contributed by atoms with Crippen molar-refractivity contribution in [3.63, 3.8) is 0 Å². The summed E-state index contributed by atoms with van der Waals surface area (Å²) >= 11 is 0. The lowest BCUT2D eigenvalue weighted by molar-refractivity contribution is 0.0635. The molecule has 30 heavy (non-hydrogen) atoms. The molecule has 2 rings (SSSR count). The Balaban J connectivity index is 2.30. The van der Waals surface area contributed by atoms with Crippen LogP contribution in [0.1, 0.15) is 45.2 Å². The molecule has 0 atom stereocenters. The van der Waals surface area contributed by atoms with Crippen LogP contribution in [0, 0.1) is 6.42 Å². The van der Waals surface area contributed by atoms with Gasteiger partial charge in [-0.3, -0.25) is 5.32 Å². The molecule has 0 spiro atoms. The number of aromatic nitrogens is 1. The molecule has 1 heterocycles. The van der Waals surface area contributed by atoms with Crippen LogP contribution in [-0.4, -0.2) is 49.3 Å². The predicted octanol–water partition coefficient (Wildman–Crippen LogP) is 5.17. The number of rotatable bonds is 8. The Labute approximate surface area is 180 Å². The zero-order chi connectivity index (χ0) is 22.3. The maximum Gasteiger partial charge on any atom is 0.413 e. The maximum atomic E-state index is 12.1. The summed E-state index contributed by atoms with van der Waals surface area (Å²) in [5.74, 6) is 1.19. The average Bonchev–Trinajstić information content (AvgIpc) is 2.65. The van der Waals surface area contributed by atoms with E-state index in [1.165, 1.54) is 11.1 Å². The molecule has 1 amide bonds. The average molecular weight is 413 g/mol. The third-order valence-electron chi connectivity index (χ3n) is 4.44. The van der Waals surface area contributed by atoms with Gasteiger partial charge in [0.1, 0.15) is 17.2 Å². The van der Waals surface area contributed by atoms with Gasteiger partial charge >= 0.3 is 6.09 Å². The fraction of sp³-hybridized carbons (Fsp3) is 0.458. The van der Waals surface area contributed by atoms with Gasteiger partial charge in [-0.2, -0.15) is 0 Å². The molecule has 0 aliphatic carbocycles. The van der Waals surface area contributed by atoms with Crippen molar-refractivity contribution >= 4 is 11.9 Å². The highest BCUT2D eigenvalue weighted by Gasteiger charge is 2.17. The Morgan fingerprint density at radius 1 is 1.23 bits per heavy atom. The molecule has 1 N–H and O–H groups in total. The highest BCUT2D eigenvalue weighted by molar-refractivity contribution is 5.84. The Bertz CT molecular complexity index is 857. The van der Waals surface area contributed by atoms with E-state index in [-0.39, 0.29) is 0 Å². The van der Waals surface area contributed by atoms with E-state index in [1.807, 2.05) is 32.9 Å². The van der Waals surface area contributed by atoms with Crippen LogP contribution < -0.4 is 10.1 Å². The van der Waals surface area contributed by atoms with Crippen molar-refractivity contribution in [1.29, 1.82) is 0 Å². The number of carbonyl (C=O) groups is 1. The first-order valence-corrected chi connectivity index (χ1v) is 10.3. The number of nitrogens with zero attached hydrogens (tertiary/aromatic N) is 2. The third kappa shape index (κ3) is 7.02. The number of pyridine rings is 1. The van der Waals surface area contributed by atoms with Crippen molar-refractivity contribution in [2.75, 3.05) is 33.1 Å². The molecule has 0 aliphatic rings. The molecule has 0 saturated carbocycles. The molecule has 1 aromatic heterocycles. The number of methoxy groups -OCH3 is 1. The largest absolute Gasteiger partial charge is 0.496 e. The van der Waals surface area contributed by atoms with Crippen molar-refractivity contribution in [3.8, 4) is 17.0 Å². The van der Waals surface area contributed by atoms with Gasteiger partial charge in [-0.05, 0) is 96.1 Å². The molecule has 6 nitrogen and oxygen atoms in total. The van der Waals surface area contributed by atoms with Crippen molar-refractivity contribution in [3.05, 3.63) is 47.9 Å². The minimum atomic E-state index is -0.570. The van der Waals surface area contributed by atoms with Gasteiger partial charge in [0.05, 0.1) is 12.8 Å². The van der Waals surface area contributed by atoms with E-state index < -0.39 is 11.7 Å². The fourth-order valence-electron chi connectivity index (χ4n) is 3.05. The molecule has 6 heteroatoms. The number of carbonyl (C=O) groups excluding carboxylic acids is 1. The van der Waals surface area contributed by atoms with Crippen molar-refractivity contribution in [1.82, 2.24) is 9.88 Å². The molecular weight excluding hydrogens is 378 g/mol. The van der Waals surface area contributed by atoms with Crippen LogP contribution in [0.3, 0.4) is 0 Å². The Kier molecular flexibility index (Phi) is 8.24. The van der Waals surface area contributed by atoms with Crippen molar-refractivity contribution in [2.45, 2.75) is 46.1 Å². The molecule has 0 bridgehead atoms. The lowest BCUT2D eigenvalue weighted by Gasteiger charge is -2.19. The summed E-state index contributed by atoms with van der Waals surface area (Å²) in [5, 5.41) is 2.70. The van der Waals surface area contributed by atoms with Crippen molar-refractivity contribution in [2.24, 2.45) is 0 Å². The number of hydrogen-bond donors (Lipinski definition) is 1. The second kappa shape index (κ2) is 10.4. The highest BCUT2D eigenvalue weighted by Crippen LogP contribution is 2.33. The molecule has 0 fully saturated rings. The highest BCUT2D eigenvalue weighted by atomic mass is 16.6. The van der Waals surface area contributed by atoms with Crippen LogP contribution in [0.4, 0.5) is 10.6 Å². The molecular formula is C24H34N3O3. The molecule has 1 radical (unpaired) electrons. The topological polar surface area (TPSA) is 63.7 Å². The van der Waals surface area contributed by atoms with Crippen LogP contribution in [0.25, 0.3) is 11.3 Å². The van der Waals surface area contributed by atoms with Gasteiger partial charge in [0.25, 0.3) is 0 Å². The van der Waals surface area contributed by atoms with E-state index in [0.29, 0.717) is 5.82 Å². The normalized spacial score (nSPS) is 11.5. The number of hydrogen-bond acceptors (Lipinski definition) is 5. The number of nitrogens with one attached hydrogen (secondary N) is 1. The SMILES string of the molecule is CCc1cc(-c2cccc(NC(=O)OC(C)(C)C)n2)c(OC)cc1[CH]CCN(C)C. The number of anilines is 1. The number of ether oxygens (including phenoxy) is 2. The van der Waals surface area contributed by atoms with Gasteiger partial charge in [-0.1, -0.05) is 13.0 Å². The van der Waals surface area contributed by atoms with Crippen LogP contribution in [0.5, 0.6) is 5.75 Å². The monoisotopic (exact) mass is 412 g/mol. The minimum Gasteiger partial charge on any atom is -0.496 e.